The summed E-state index contributed by atoms with van der Waals surface area (Å²) in [6.07, 6.45) is 5.00. The Kier molecular flexibility index (Phi) is 4.12. The highest BCUT2D eigenvalue weighted by Gasteiger charge is 2.14. The molecule has 0 atom stereocenters. The summed E-state index contributed by atoms with van der Waals surface area (Å²) in [6.45, 7) is 7.85. The number of aliphatic imine (C=N–C) groups is 1. The molecular formula is C10H20N2. The monoisotopic (exact) mass is 168 g/mol. The van der Waals surface area contributed by atoms with Crippen molar-refractivity contribution in [2.24, 2.45) is 4.99 Å². The van der Waals surface area contributed by atoms with E-state index in [9.17, 15) is 0 Å². The number of rotatable bonds is 5. The lowest BCUT2D eigenvalue weighted by Gasteiger charge is -2.18. The van der Waals surface area contributed by atoms with Crippen LogP contribution in [0.15, 0.2) is 4.99 Å². The Balaban J connectivity index is 2.29. The summed E-state index contributed by atoms with van der Waals surface area (Å²) >= 11 is 0. The summed E-state index contributed by atoms with van der Waals surface area (Å²) in [6, 6.07) is 0. The normalized spacial score (nSPS) is 16.8. The summed E-state index contributed by atoms with van der Waals surface area (Å²) in [5.41, 5.74) is 0. The highest BCUT2D eigenvalue weighted by atomic mass is 15.2. The zero-order valence-corrected chi connectivity index (χ0v) is 8.34. The van der Waals surface area contributed by atoms with Crippen LogP contribution in [0.1, 0.15) is 39.5 Å². The molecule has 70 valence electrons. The van der Waals surface area contributed by atoms with E-state index >= 15 is 0 Å². The predicted molar refractivity (Wildman–Crippen MR) is 53.7 cm³/mol. The van der Waals surface area contributed by atoms with Crippen LogP contribution in [0.2, 0.25) is 0 Å². The van der Waals surface area contributed by atoms with Gasteiger partial charge in [0.2, 0.25) is 0 Å². The molecule has 2 nitrogen and oxygen atoms in total. The maximum absolute atomic E-state index is 4.52. The molecule has 0 spiro atoms. The minimum atomic E-state index is 1.03. The molecule has 1 heterocycles. The van der Waals surface area contributed by atoms with Crippen LogP contribution in [0.25, 0.3) is 0 Å². The Hall–Kier alpha value is -0.530. The topological polar surface area (TPSA) is 15.6 Å². The minimum absolute atomic E-state index is 1.03. The van der Waals surface area contributed by atoms with Crippen LogP contribution in [-0.4, -0.2) is 30.4 Å². The Labute approximate surface area is 75.7 Å². The molecule has 0 unspecified atom stereocenters. The van der Waals surface area contributed by atoms with Crippen molar-refractivity contribution < 1.29 is 0 Å². The third-order valence-corrected chi connectivity index (χ3v) is 2.28. The third kappa shape index (κ3) is 2.50. The summed E-state index contributed by atoms with van der Waals surface area (Å²) < 4.78 is 0. The molecule has 0 aromatic carbocycles. The molecule has 0 aliphatic carbocycles. The lowest BCUT2D eigenvalue weighted by atomic mass is 10.2. The molecular weight excluding hydrogens is 148 g/mol. The zero-order chi connectivity index (χ0) is 8.81. The predicted octanol–water partition coefficient (Wildman–Crippen LogP) is 2.30. The first-order chi connectivity index (χ1) is 5.88. The van der Waals surface area contributed by atoms with Crippen molar-refractivity contribution in [1.29, 1.82) is 0 Å². The second-order valence-electron chi connectivity index (χ2n) is 3.39. The first kappa shape index (κ1) is 9.56. The standard InChI is InChI=1S/C10H20N2/c1-3-5-6-10-11-7-9-12(10)8-4-2/h3-9H2,1-2H3. The largest absolute Gasteiger partial charge is 0.359 e. The van der Waals surface area contributed by atoms with Gasteiger partial charge >= 0.3 is 0 Å². The zero-order valence-electron chi connectivity index (χ0n) is 8.34. The van der Waals surface area contributed by atoms with E-state index in [0.29, 0.717) is 0 Å². The molecule has 0 N–H and O–H groups in total. The first-order valence-electron chi connectivity index (χ1n) is 5.16. The van der Waals surface area contributed by atoms with E-state index in [2.05, 4.69) is 23.7 Å². The molecule has 0 aromatic rings. The maximum Gasteiger partial charge on any atom is 0.0990 e. The Bertz CT molecular complexity index is 152. The van der Waals surface area contributed by atoms with Crippen LogP contribution < -0.4 is 0 Å². The van der Waals surface area contributed by atoms with Crippen LogP contribution in [0.4, 0.5) is 0 Å². The smallest absolute Gasteiger partial charge is 0.0990 e. The van der Waals surface area contributed by atoms with Crippen molar-refractivity contribution in [1.82, 2.24) is 4.90 Å². The van der Waals surface area contributed by atoms with Crippen molar-refractivity contribution >= 4 is 5.84 Å². The molecule has 1 rings (SSSR count). The molecule has 0 saturated heterocycles. The van der Waals surface area contributed by atoms with Crippen molar-refractivity contribution in [3.8, 4) is 0 Å². The number of nitrogens with zero attached hydrogens (tertiary/aromatic N) is 2. The fourth-order valence-corrected chi connectivity index (χ4v) is 1.61. The van der Waals surface area contributed by atoms with E-state index in [1.165, 1.54) is 38.1 Å². The fraction of sp³-hybridized carbons (Fsp3) is 0.900. The average Bonchev–Trinajstić information content (AvgIpc) is 2.50. The third-order valence-electron chi connectivity index (χ3n) is 2.28. The van der Waals surface area contributed by atoms with E-state index < -0.39 is 0 Å². The van der Waals surface area contributed by atoms with Gasteiger partial charge in [-0.05, 0) is 12.8 Å². The van der Waals surface area contributed by atoms with Gasteiger partial charge in [0, 0.05) is 19.5 Å². The Morgan fingerprint density at radius 2 is 2.17 bits per heavy atom. The van der Waals surface area contributed by atoms with Gasteiger partial charge in [-0.15, -0.1) is 0 Å². The molecule has 0 saturated carbocycles. The molecule has 0 fully saturated rings. The van der Waals surface area contributed by atoms with Gasteiger partial charge < -0.3 is 4.90 Å². The van der Waals surface area contributed by atoms with E-state index in [1.54, 1.807) is 0 Å². The van der Waals surface area contributed by atoms with Gasteiger partial charge in [-0.25, -0.2) is 0 Å². The van der Waals surface area contributed by atoms with Crippen LogP contribution in [0.5, 0.6) is 0 Å². The minimum Gasteiger partial charge on any atom is -0.359 e. The van der Waals surface area contributed by atoms with Crippen LogP contribution >= 0.6 is 0 Å². The highest BCUT2D eigenvalue weighted by Crippen LogP contribution is 2.08. The van der Waals surface area contributed by atoms with E-state index in [-0.39, 0.29) is 0 Å². The summed E-state index contributed by atoms with van der Waals surface area (Å²) in [4.78, 5) is 6.96. The summed E-state index contributed by atoms with van der Waals surface area (Å²) in [5, 5.41) is 0. The highest BCUT2D eigenvalue weighted by molar-refractivity contribution is 5.83. The van der Waals surface area contributed by atoms with Crippen LogP contribution in [0, 0.1) is 0 Å². The lowest BCUT2D eigenvalue weighted by Crippen LogP contribution is -2.28. The van der Waals surface area contributed by atoms with Gasteiger partial charge in [-0.3, -0.25) is 4.99 Å². The van der Waals surface area contributed by atoms with Gasteiger partial charge in [0.25, 0.3) is 0 Å². The SMILES string of the molecule is CCCCC1=NCCN1CCC. The second-order valence-corrected chi connectivity index (χ2v) is 3.39. The summed E-state index contributed by atoms with van der Waals surface area (Å²) in [7, 11) is 0. The Morgan fingerprint density at radius 1 is 1.33 bits per heavy atom. The number of unbranched alkanes of at least 4 members (excludes halogenated alkanes) is 1. The van der Waals surface area contributed by atoms with Gasteiger partial charge in [0.05, 0.1) is 12.4 Å². The van der Waals surface area contributed by atoms with Crippen LogP contribution in [-0.2, 0) is 0 Å². The van der Waals surface area contributed by atoms with Crippen molar-refractivity contribution in [2.75, 3.05) is 19.6 Å². The van der Waals surface area contributed by atoms with E-state index in [4.69, 9.17) is 0 Å². The van der Waals surface area contributed by atoms with Gasteiger partial charge in [-0.1, -0.05) is 20.3 Å². The molecule has 1 aliphatic rings. The fourth-order valence-electron chi connectivity index (χ4n) is 1.61. The summed E-state index contributed by atoms with van der Waals surface area (Å²) in [5.74, 6) is 1.36. The number of hydrogen-bond donors (Lipinski definition) is 0. The molecule has 2 heteroatoms. The average molecular weight is 168 g/mol. The molecule has 0 amide bonds. The molecule has 0 bridgehead atoms. The Morgan fingerprint density at radius 3 is 2.83 bits per heavy atom. The maximum atomic E-state index is 4.52. The van der Waals surface area contributed by atoms with Crippen molar-refractivity contribution in [3.05, 3.63) is 0 Å². The van der Waals surface area contributed by atoms with Crippen molar-refractivity contribution in [3.63, 3.8) is 0 Å². The molecule has 0 aromatic heterocycles. The van der Waals surface area contributed by atoms with Gasteiger partial charge in [-0.2, -0.15) is 0 Å². The van der Waals surface area contributed by atoms with E-state index in [1.807, 2.05) is 0 Å². The van der Waals surface area contributed by atoms with E-state index in [0.717, 1.165) is 13.1 Å². The molecule has 1 aliphatic heterocycles. The van der Waals surface area contributed by atoms with Crippen LogP contribution in [0.3, 0.4) is 0 Å². The number of hydrogen-bond acceptors (Lipinski definition) is 2. The van der Waals surface area contributed by atoms with Gasteiger partial charge in [0.1, 0.15) is 0 Å². The van der Waals surface area contributed by atoms with Crippen molar-refractivity contribution in [2.45, 2.75) is 39.5 Å². The number of amidine groups is 1. The second kappa shape index (κ2) is 5.18. The quantitative estimate of drug-likeness (QED) is 0.615. The molecule has 12 heavy (non-hydrogen) atoms. The van der Waals surface area contributed by atoms with Gasteiger partial charge in [0.15, 0.2) is 0 Å². The molecule has 0 radical (unpaired) electrons. The lowest BCUT2D eigenvalue weighted by molar-refractivity contribution is 0.446. The first-order valence-corrected chi connectivity index (χ1v) is 5.16.